The van der Waals surface area contributed by atoms with Crippen LogP contribution in [0.4, 0.5) is 10.5 Å². The summed E-state index contributed by atoms with van der Waals surface area (Å²) in [6, 6.07) is 6.95. The fourth-order valence-corrected chi connectivity index (χ4v) is 2.63. The number of hydrogen-bond acceptors (Lipinski definition) is 5. The van der Waals surface area contributed by atoms with Crippen molar-refractivity contribution >= 4 is 11.7 Å². The fourth-order valence-electron chi connectivity index (χ4n) is 2.63. The zero-order valence-corrected chi connectivity index (χ0v) is 14.2. The molecular weight excluding hydrogens is 320 g/mol. The lowest BCUT2D eigenvalue weighted by Gasteiger charge is -2.18. The number of nitrogens with one attached hydrogen (secondary N) is 2. The van der Waals surface area contributed by atoms with Crippen molar-refractivity contribution in [2.45, 2.75) is 32.8 Å². The number of anilines is 1. The third-order valence-corrected chi connectivity index (χ3v) is 3.97. The van der Waals surface area contributed by atoms with Gasteiger partial charge in [0.25, 0.3) is 5.89 Å². The molecule has 1 unspecified atom stereocenters. The van der Waals surface area contributed by atoms with Crippen LogP contribution >= 0.6 is 0 Å². The molecule has 1 aromatic heterocycles. The summed E-state index contributed by atoms with van der Waals surface area (Å²) in [6.45, 7) is 2.66. The van der Waals surface area contributed by atoms with E-state index < -0.39 is 0 Å². The lowest BCUT2D eigenvalue weighted by atomic mass is 9.94. The minimum Gasteiger partial charge on any atom is -0.484 e. The van der Waals surface area contributed by atoms with Gasteiger partial charge in [0.05, 0.1) is 0 Å². The van der Waals surface area contributed by atoms with E-state index in [2.05, 4.69) is 32.9 Å². The molecule has 1 aliphatic rings. The summed E-state index contributed by atoms with van der Waals surface area (Å²) in [6.07, 6.45) is 7.63. The van der Waals surface area contributed by atoms with Crippen molar-refractivity contribution in [2.75, 3.05) is 11.9 Å². The normalized spacial score (nSPS) is 16.4. The molecule has 0 saturated heterocycles. The molecule has 0 bridgehead atoms. The number of allylic oxidation sites excluding steroid dienone is 2. The summed E-state index contributed by atoms with van der Waals surface area (Å²) < 4.78 is 10.5. The maximum absolute atomic E-state index is 12.0. The lowest BCUT2D eigenvalue weighted by molar-refractivity contribution is 0.242. The van der Waals surface area contributed by atoms with Crippen molar-refractivity contribution in [3.05, 3.63) is 48.1 Å². The van der Waals surface area contributed by atoms with Crippen LogP contribution in [0, 0.1) is 12.8 Å². The molecule has 3 rings (SSSR count). The third kappa shape index (κ3) is 5.34. The van der Waals surface area contributed by atoms with Gasteiger partial charge in [-0.3, -0.25) is 0 Å². The highest BCUT2D eigenvalue weighted by Crippen LogP contribution is 2.18. The van der Waals surface area contributed by atoms with Crippen LogP contribution < -0.4 is 15.4 Å². The van der Waals surface area contributed by atoms with E-state index in [4.69, 9.17) is 9.26 Å². The molecule has 7 nitrogen and oxygen atoms in total. The van der Waals surface area contributed by atoms with Crippen LogP contribution in [-0.2, 0) is 6.61 Å². The van der Waals surface area contributed by atoms with Gasteiger partial charge in [0.1, 0.15) is 5.75 Å². The molecule has 7 heteroatoms. The second kappa shape index (κ2) is 8.32. The summed E-state index contributed by atoms with van der Waals surface area (Å²) in [5.74, 6) is 2.20. The van der Waals surface area contributed by atoms with Gasteiger partial charge in [-0.25, -0.2) is 4.79 Å². The smallest absolute Gasteiger partial charge is 0.319 e. The number of ether oxygens (including phenoxy) is 1. The molecule has 0 fully saturated rings. The summed E-state index contributed by atoms with van der Waals surface area (Å²) in [5.41, 5.74) is 0.710. The highest BCUT2D eigenvalue weighted by Gasteiger charge is 2.11. The number of carbonyl (C=O) groups excluding carboxylic acids is 1. The molecule has 0 radical (unpaired) electrons. The van der Waals surface area contributed by atoms with E-state index in [1.165, 1.54) is 0 Å². The summed E-state index contributed by atoms with van der Waals surface area (Å²) in [5, 5.41) is 9.45. The number of benzene rings is 1. The SMILES string of the molecule is Cc1noc(COc2ccc(NC(=O)NCC3CC=CCC3)cc2)n1. The van der Waals surface area contributed by atoms with Gasteiger partial charge in [-0.1, -0.05) is 17.3 Å². The number of aromatic nitrogens is 2. The van der Waals surface area contributed by atoms with Gasteiger partial charge in [-0.2, -0.15) is 4.98 Å². The first kappa shape index (κ1) is 17.0. The number of rotatable bonds is 6. The zero-order valence-electron chi connectivity index (χ0n) is 14.2. The number of carbonyl (C=O) groups is 1. The van der Waals surface area contributed by atoms with Crippen molar-refractivity contribution in [3.8, 4) is 5.75 Å². The highest BCUT2D eigenvalue weighted by molar-refractivity contribution is 5.89. The molecule has 0 aliphatic heterocycles. The van der Waals surface area contributed by atoms with Gasteiger partial charge >= 0.3 is 6.03 Å². The van der Waals surface area contributed by atoms with E-state index in [-0.39, 0.29) is 12.6 Å². The van der Waals surface area contributed by atoms with E-state index in [1.54, 1.807) is 31.2 Å². The van der Waals surface area contributed by atoms with E-state index in [0.29, 0.717) is 35.6 Å². The van der Waals surface area contributed by atoms with Crippen LogP contribution in [0.1, 0.15) is 31.0 Å². The average molecular weight is 342 g/mol. The fraction of sp³-hybridized carbons (Fsp3) is 0.389. The molecule has 2 aromatic rings. The lowest BCUT2D eigenvalue weighted by Crippen LogP contribution is -2.33. The second-order valence-corrected chi connectivity index (χ2v) is 6.03. The van der Waals surface area contributed by atoms with Crippen LogP contribution in [0.25, 0.3) is 0 Å². The van der Waals surface area contributed by atoms with Gasteiger partial charge in [-0.05, 0) is 56.4 Å². The minimum atomic E-state index is -0.190. The van der Waals surface area contributed by atoms with Gasteiger partial charge in [0.2, 0.25) is 0 Å². The standard InChI is InChI=1S/C18H22N4O3/c1-13-20-17(25-22-13)12-24-16-9-7-15(8-10-16)21-18(23)19-11-14-5-3-2-4-6-14/h2-3,7-10,14H,4-6,11-12H2,1H3,(H2,19,21,23). The predicted octanol–water partition coefficient (Wildman–Crippen LogP) is 3.43. The molecule has 1 atom stereocenters. The van der Waals surface area contributed by atoms with Crippen molar-refractivity contribution in [3.63, 3.8) is 0 Å². The Bertz CT molecular complexity index is 724. The Kier molecular flexibility index (Phi) is 5.66. The number of urea groups is 1. The number of nitrogens with zero attached hydrogens (tertiary/aromatic N) is 2. The number of hydrogen-bond donors (Lipinski definition) is 2. The first-order valence-corrected chi connectivity index (χ1v) is 8.41. The summed E-state index contributed by atoms with van der Waals surface area (Å²) >= 11 is 0. The van der Waals surface area contributed by atoms with Gasteiger partial charge in [0.15, 0.2) is 12.4 Å². The quantitative estimate of drug-likeness (QED) is 0.785. The molecule has 2 N–H and O–H groups in total. The largest absolute Gasteiger partial charge is 0.484 e. The predicted molar refractivity (Wildman–Crippen MR) is 93.3 cm³/mol. The molecular formula is C18H22N4O3. The van der Waals surface area contributed by atoms with Crippen molar-refractivity contribution in [1.82, 2.24) is 15.5 Å². The van der Waals surface area contributed by atoms with E-state index >= 15 is 0 Å². The Labute approximate surface area is 146 Å². The molecule has 1 aliphatic carbocycles. The Morgan fingerprint density at radius 2 is 2.16 bits per heavy atom. The summed E-state index contributed by atoms with van der Waals surface area (Å²) in [7, 11) is 0. The second-order valence-electron chi connectivity index (χ2n) is 6.03. The molecule has 25 heavy (non-hydrogen) atoms. The Balaban J connectivity index is 1.42. The Hall–Kier alpha value is -2.83. The maximum atomic E-state index is 12.0. The Morgan fingerprint density at radius 1 is 1.32 bits per heavy atom. The van der Waals surface area contributed by atoms with E-state index in [0.717, 1.165) is 19.3 Å². The average Bonchev–Trinajstić information content (AvgIpc) is 3.06. The molecule has 0 saturated carbocycles. The zero-order chi connectivity index (χ0) is 17.5. The van der Waals surface area contributed by atoms with Crippen LogP contribution in [-0.4, -0.2) is 22.7 Å². The first-order valence-electron chi connectivity index (χ1n) is 8.41. The molecule has 1 heterocycles. The van der Waals surface area contributed by atoms with Crippen LogP contribution in [0.2, 0.25) is 0 Å². The molecule has 2 amide bonds. The topological polar surface area (TPSA) is 89.3 Å². The minimum absolute atomic E-state index is 0.190. The van der Waals surface area contributed by atoms with Crippen LogP contribution in [0.15, 0.2) is 40.9 Å². The van der Waals surface area contributed by atoms with Crippen LogP contribution in [0.3, 0.4) is 0 Å². The molecule has 1 aromatic carbocycles. The highest BCUT2D eigenvalue weighted by atomic mass is 16.5. The monoisotopic (exact) mass is 342 g/mol. The molecule has 0 spiro atoms. The van der Waals surface area contributed by atoms with Gasteiger partial charge in [-0.15, -0.1) is 0 Å². The van der Waals surface area contributed by atoms with Gasteiger partial charge < -0.3 is 19.9 Å². The van der Waals surface area contributed by atoms with Crippen LogP contribution in [0.5, 0.6) is 5.75 Å². The Morgan fingerprint density at radius 3 is 2.84 bits per heavy atom. The maximum Gasteiger partial charge on any atom is 0.319 e. The van der Waals surface area contributed by atoms with E-state index in [1.807, 2.05) is 0 Å². The van der Waals surface area contributed by atoms with Gasteiger partial charge in [0, 0.05) is 12.2 Å². The number of aryl methyl sites for hydroxylation is 1. The summed E-state index contributed by atoms with van der Waals surface area (Å²) in [4.78, 5) is 16.0. The van der Waals surface area contributed by atoms with Crippen molar-refractivity contribution in [2.24, 2.45) is 5.92 Å². The number of amides is 2. The molecule has 132 valence electrons. The first-order chi connectivity index (χ1) is 12.2. The van der Waals surface area contributed by atoms with Crippen molar-refractivity contribution < 1.29 is 14.1 Å². The third-order valence-electron chi connectivity index (χ3n) is 3.97. The van der Waals surface area contributed by atoms with Crippen molar-refractivity contribution in [1.29, 1.82) is 0 Å². The van der Waals surface area contributed by atoms with E-state index in [9.17, 15) is 4.79 Å².